The van der Waals surface area contributed by atoms with Gasteiger partial charge in [-0.1, -0.05) is 35.5 Å². The number of carbonyl (C=O) groups excluding carboxylic acids is 1. The van der Waals surface area contributed by atoms with E-state index >= 15 is 0 Å². The highest BCUT2D eigenvalue weighted by atomic mass is 32.2. The van der Waals surface area contributed by atoms with Gasteiger partial charge in [0.05, 0.1) is 23.9 Å². The number of benzene rings is 3. The van der Waals surface area contributed by atoms with Crippen LogP contribution in [0.3, 0.4) is 0 Å². The van der Waals surface area contributed by atoms with E-state index in [0.717, 1.165) is 38.7 Å². The number of rotatable bonds is 7. The maximum absolute atomic E-state index is 13.3. The van der Waals surface area contributed by atoms with Crippen LogP contribution in [0.25, 0.3) is 17.0 Å². The number of hydrogen-bond donors (Lipinski definition) is 1. The van der Waals surface area contributed by atoms with Gasteiger partial charge in [-0.3, -0.25) is 4.90 Å². The number of aromatic nitrogens is 2. The monoisotopic (exact) mass is 498 g/mol. The molecular formula is C28H26N4O3S. The first kappa shape index (κ1) is 23.7. The lowest BCUT2D eigenvalue weighted by Gasteiger charge is -2.35. The van der Waals surface area contributed by atoms with Crippen molar-refractivity contribution < 1.29 is 14.1 Å². The minimum Gasteiger partial charge on any atom is -0.494 e. The Labute approximate surface area is 214 Å². The quantitative estimate of drug-likeness (QED) is 0.291. The summed E-state index contributed by atoms with van der Waals surface area (Å²) in [7, 11) is 0. The molecule has 1 aromatic heterocycles. The Balaban J connectivity index is 1.59. The molecule has 7 nitrogen and oxygen atoms in total. The van der Waals surface area contributed by atoms with Gasteiger partial charge in [0, 0.05) is 16.2 Å². The third kappa shape index (κ3) is 4.59. The summed E-state index contributed by atoms with van der Waals surface area (Å²) in [5.41, 5.74) is 3.98. The maximum Gasteiger partial charge on any atom is 0.326 e. The Morgan fingerprint density at radius 2 is 1.75 bits per heavy atom. The van der Waals surface area contributed by atoms with Crippen LogP contribution in [-0.2, 0) is 0 Å². The number of para-hydroxylation sites is 1. The Kier molecular flexibility index (Phi) is 6.77. The number of allylic oxidation sites excluding steroid dienone is 1. The van der Waals surface area contributed by atoms with E-state index < -0.39 is 6.04 Å². The SMILES string of the molecule is CCOc1ccc(-c2noc(C3=C(C)N(c4ccccc4)C(=O)NC3c3ccc(SC)cc3)n2)cc1. The van der Waals surface area contributed by atoms with Crippen LogP contribution in [0.1, 0.15) is 31.3 Å². The summed E-state index contributed by atoms with van der Waals surface area (Å²) in [5.74, 6) is 1.61. The zero-order valence-electron chi connectivity index (χ0n) is 20.3. The minimum atomic E-state index is -0.443. The van der Waals surface area contributed by atoms with Crippen molar-refractivity contribution in [3.05, 3.63) is 96.0 Å². The van der Waals surface area contributed by atoms with E-state index in [-0.39, 0.29) is 6.03 Å². The number of ether oxygens (including phenoxy) is 1. The maximum atomic E-state index is 13.3. The van der Waals surface area contributed by atoms with Gasteiger partial charge in [-0.15, -0.1) is 11.8 Å². The molecular weight excluding hydrogens is 472 g/mol. The van der Waals surface area contributed by atoms with Crippen LogP contribution in [0.15, 0.2) is 94.0 Å². The van der Waals surface area contributed by atoms with Gasteiger partial charge >= 0.3 is 6.03 Å². The van der Waals surface area contributed by atoms with Gasteiger partial charge < -0.3 is 14.6 Å². The van der Waals surface area contributed by atoms with Crippen molar-refractivity contribution in [1.82, 2.24) is 15.5 Å². The van der Waals surface area contributed by atoms with E-state index in [1.54, 1.807) is 16.7 Å². The van der Waals surface area contributed by atoms with Crippen molar-refractivity contribution in [3.8, 4) is 17.1 Å². The standard InChI is InChI=1S/C28H26N4O3S/c1-4-34-22-14-10-20(11-15-22)26-30-27(35-31-26)24-18(2)32(21-8-6-5-7-9-21)28(33)29-25(24)19-12-16-23(36-3)17-13-19/h5-17,25H,4H2,1-3H3,(H,29,33). The van der Waals surface area contributed by atoms with Gasteiger partial charge in [-0.05, 0) is 74.2 Å². The summed E-state index contributed by atoms with van der Waals surface area (Å²) in [6.07, 6.45) is 2.03. The van der Waals surface area contributed by atoms with E-state index in [4.69, 9.17) is 14.2 Å². The summed E-state index contributed by atoms with van der Waals surface area (Å²) < 4.78 is 11.3. The molecule has 1 aliphatic heterocycles. The third-order valence-corrected chi connectivity index (χ3v) is 6.77. The molecule has 0 spiro atoms. The fourth-order valence-corrected chi connectivity index (χ4v) is 4.68. The van der Waals surface area contributed by atoms with Gasteiger partial charge in [-0.25, -0.2) is 4.79 Å². The van der Waals surface area contributed by atoms with Gasteiger partial charge in [0.15, 0.2) is 0 Å². The smallest absolute Gasteiger partial charge is 0.326 e. The van der Waals surface area contributed by atoms with Crippen LogP contribution < -0.4 is 15.0 Å². The first-order chi connectivity index (χ1) is 17.6. The molecule has 1 aliphatic rings. The molecule has 0 saturated heterocycles. The summed E-state index contributed by atoms with van der Waals surface area (Å²) >= 11 is 1.67. The van der Waals surface area contributed by atoms with Gasteiger partial charge in [-0.2, -0.15) is 4.98 Å². The molecule has 0 radical (unpaired) electrons. The molecule has 1 atom stereocenters. The number of nitrogens with zero attached hydrogens (tertiary/aromatic N) is 3. The van der Waals surface area contributed by atoms with Crippen molar-refractivity contribution in [1.29, 1.82) is 0 Å². The van der Waals surface area contributed by atoms with E-state index in [9.17, 15) is 4.79 Å². The predicted molar refractivity (Wildman–Crippen MR) is 142 cm³/mol. The largest absolute Gasteiger partial charge is 0.494 e. The normalized spacial score (nSPS) is 15.7. The predicted octanol–water partition coefficient (Wildman–Crippen LogP) is 6.56. The molecule has 0 aliphatic carbocycles. The summed E-state index contributed by atoms with van der Waals surface area (Å²) in [6.45, 7) is 4.45. The molecule has 1 unspecified atom stereocenters. The van der Waals surface area contributed by atoms with Crippen LogP contribution >= 0.6 is 11.8 Å². The molecule has 2 heterocycles. The molecule has 2 amide bonds. The fourth-order valence-electron chi connectivity index (χ4n) is 4.27. The van der Waals surface area contributed by atoms with Crippen LogP contribution in [0.4, 0.5) is 10.5 Å². The fraction of sp³-hybridized carbons (Fsp3) is 0.179. The van der Waals surface area contributed by atoms with Crippen molar-refractivity contribution in [2.45, 2.75) is 24.8 Å². The van der Waals surface area contributed by atoms with Crippen molar-refractivity contribution in [3.63, 3.8) is 0 Å². The van der Waals surface area contributed by atoms with Crippen LogP contribution in [0.5, 0.6) is 5.75 Å². The third-order valence-electron chi connectivity index (χ3n) is 6.03. The van der Waals surface area contributed by atoms with Crippen molar-refractivity contribution in [2.75, 3.05) is 17.8 Å². The molecule has 5 rings (SSSR count). The minimum absolute atomic E-state index is 0.215. The summed E-state index contributed by atoms with van der Waals surface area (Å²) in [5, 5.41) is 7.39. The average molecular weight is 499 g/mol. The lowest BCUT2D eigenvalue weighted by molar-refractivity contribution is 0.244. The highest BCUT2D eigenvalue weighted by Crippen LogP contribution is 2.39. The highest BCUT2D eigenvalue weighted by molar-refractivity contribution is 7.98. The molecule has 1 N–H and O–H groups in total. The molecule has 36 heavy (non-hydrogen) atoms. The van der Waals surface area contributed by atoms with Gasteiger partial charge in [0.2, 0.25) is 5.82 Å². The summed E-state index contributed by atoms with van der Waals surface area (Å²) in [6, 6.07) is 24.6. The first-order valence-corrected chi connectivity index (χ1v) is 12.9. The first-order valence-electron chi connectivity index (χ1n) is 11.7. The van der Waals surface area contributed by atoms with Crippen LogP contribution in [0, 0.1) is 0 Å². The van der Waals surface area contributed by atoms with Crippen molar-refractivity contribution >= 4 is 29.1 Å². The highest BCUT2D eigenvalue weighted by Gasteiger charge is 2.36. The second-order valence-electron chi connectivity index (χ2n) is 8.21. The number of urea groups is 1. The zero-order chi connectivity index (χ0) is 25.1. The molecule has 4 aromatic rings. The number of carbonyl (C=O) groups is 1. The molecule has 3 aromatic carbocycles. The zero-order valence-corrected chi connectivity index (χ0v) is 21.1. The molecule has 0 saturated carbocycles. The Bertz CT molecular complexity index is 1380. The van der Waals surface area contributed by atoms with E-state index in [2.05, 4.69) is 10.5 Å². The van der Waals surface area contributed by atoms with E-state index in [1.807, 2.05) is 99.0 Å². The Morgan fingerprint density at radius 1 is 1.03 bits per heavy atom. The second kappa shape index (κ2) is 10.3. The number of anilines is 1. The lowest BCUT2D eigenvalue weighted by atomic mass is 9.94. The number of thioether (sulfide) groups is 1. The average Bonchev–Trinajstić information content (AvgIpc) is 3.39. The lowest BCUT2D eigenvalue weighted by Crippen LogP contribution is -2.46. The number of amides is 2. The molecule has 0 bridgehead atoms. The topological polar surface area (TPSA) is 80.5 Å². The Hall–Kier alpha value is -4.04. The molecule has 0 fully saturated rings. The second-order valence-corrected chi connectivity index (χ2v) is 9.09. The summed E-state index contributed by atoms with van der Waals surface area (Å²) in [4.78, 5) is 20.8. The molecule has 8 heteroatoms. The number of nitrogens with one attached hydrogen (secondary N) is 1. The van der Waals surface area contributed by atoms with E-state index in [0.29, 0.717) is 18.3 Å². The van der Waals surface area contributed by atoms with Crippen LogP contribution in [0.2, 0.25) is 0 Å². The van der Waals surface area contributed by atoms with Crippen molar-refractivity contribution in [2.24, 2.45) is 0 Å². The Morgan fingerprint density at radius 3 is 2.42 bits per heavy atom. The van der Waals surface area contributed by atoms with E-state index in [1.165, 1.54) is 0 Å². The van der Waals surface area contributed by atoms with Gasteiger partial charge in [0.1, 0.15) is 5.75 Å². The van der Waals surface area contributed by atoms with Gasteiger partial charge in [0.25, 0.3) is 5.89 Å². The molecule has 182 valence electrons. The number of hydrogen-bond acceptors (Lipinski definition) is 6. The van der Waals surface area contributed by atoms with Crippen LogP contribution in [-0.4, -0.2) is 29.0 Å².